The van der Waals surface area contributed by atoms with Crippen LogP contribution in [0, 0.1) is 5.92 Å². The van der Waals surface area contributed by atoms with Crippen LogP contribution in [0.15, 0.2) is 0 Å². The Morgan fingerprint density at radius 2 is 1.95 bits per heavy atom. The van der Waals surface area contributed by atoms with Crippen LogP contribution in [0.5, 0.6) is 0 Å². The van der Waals surface area contributed by atoms with Crippen LogP contribution in [0.2, 0.25) is 0 Å². The zero-order valence-corrected chi connectivity index (χ0v) is 11.5. The van der Waals surface area contributed by atoms with E-state index < -0.39 is 25.0 Å². The Labute approximate surface area is 116 Å². The summed E-state index contributed by atoms with van der Waals surface area (Å²) >= 11 is 0. The Balaban J connectivity index is 3.96. The summed E-state index contributed by atoms with van der Waals surface area (Å²) in [7, 11) is 0. The number of carbonyl (C=O) groups is 2. The third-order valence-corrected chi connectivity index (χ3v) is 2.78. The molecule has 0 rings (SSSR count). The molecule has 0 aliphatic carbocycles. The van der Waals surface area contributed by atoms with Crippen molar-refractivity contribution in [1.82, 2.24) is 10.2 Å². The predicted octanol–water partition coefficient (Wildman–Crippen LogP) is 1.15. The lowest BCUT2D eigenvalue weighted by Gasteiger charge is -2.22. The molecule has 0 aromatic carbocycles. The summed E-state index contributed by atoms with van der Waals surface area (Å²) in [6.45, 7) is 0.894. The van der Waals surface area contributed by atoms with Crippen molar-refractivity contribution in [2.24, 2.45) is 5.92 Å². The van der Waals surface area contributed by atoms with Crippen LogP contribution >= 0.6 is 0 Å². The predicted molar refractivity (Wildman–Crippen MR) is 68.7 cm³/mol. The third kappa shape index (κ3) is 9.48. The van der Waals surface area contributed by atoms with Gasteiger partial charge in [0.2, 0.25) is 0 Å². The SMILES string of the molecule is CC(CCNC(=O)N(CCO)CC(F)F)CCC(=O)O. The molecule has 8 heteroatoms. The number of alkyl halides is 2. The lowest BCUT2D eigenvalue weighted by atomic mass is 10.0. The Hall–Kier alpha value is -1.44. The monoisotopic (exact) mass is 296 g/mol. The van der Waals surface area contributed by atoms with Crippen molar-refractivity contribution < 1.29 is 28.6 Å². The highest BCUT2D eigenvalue weighted by Crippen LogP contribution is 2.09. The van der Waals surface area contributed by atoms with Crippen LogP contribution in [0.3, 0.4) is 0 Å². The topological polar surface area (TPSA) is 89.9 Å². The van der Waals surface area contributed by atoms with E-state index in [0.717, 1.165) is 4.90 Å². The molecule has 0 saturated heterocycles. The van der Waals surface area contributed by atoms with Gasteiger partial charge in [0.15, 0.2) is 0 Å². The van der Waals surface area contributed by atoms with E-state index in [-0.39, 0.29) is 32.0 Å². The van der Waals surface area contributed by atoms with Gasteiger partial charge in [0, 0.05) is 19.5 Å². The molecule has 6 nitrogen and oxygen atoms in total. The van der Waals surface area contributed by atoms with Crippen molar-refractivity contribution in [3.05, 3.63) is 0 Å². The van der Waals surface area contributed by atoms with E-state index in [2.05, 4.69) is 5.32 Å². The van der Waals surface area contributed by atoms with Crippen molar-refractivity contribution in [1.29, 1.82) is 0 Å². The van der Waals surface area contributed by atoms with Crippen LogP contribution in [-0.4, -0.2) is 59.8 Å². The van der Waals surface area contributed by atoms with Gasteiger partial charge >= 0.3 is 12.0 Å². The quantitative estimate of drug-likeness (QED) is 0.564. The molecular formula is C12H22F2N2O4. The number of aliphatic hydroxyl groups excluding tert-OH is 1. The second-order valence-corrected chi connectivity index (χ2v) is 4.62. The third-order valence-electron chi connectivity index (χ3n) is 2.78. The molecule has 2 amide bonds. The smallest absolute Gasteiger partial charge is 0.317 e. The summed E-state index contributed by atoms with van der Waals surface area (Å²) in [5.74, 6) is -0.750. The van der Waals surface area contributed by atoms with Crippen LogP contribution in [0.25, 0.3) is 0 Å². The molecule has 0 aliphatic heterocycles. The normalized spacial score (nSPS) is 12.2. The van der Waals surface area contributed by atoms with Gasteiger partial charge in [-0.25, -0.2) is 13.6 Å². The number of nitrogens with zero attached hydrogens (tertiary/aromatic N) is 1. The van der Waals surface area contributed by atoms with E-state index in [0.29, 0.717) is 12.8 Å². The fraction of sp³-hybridized carbons (Fsp3) is 0.833. The number of carbonyl (C=O) groups excluding carboxylic acids is 1. The summed E-state index contributed by atoms with van der Waals surface area (Å²) in [5.41, 5.74) is 0. The first-order valence-corrected chi connectivity index (χ1v) is 6.50. The zero-order chi connectivity index (χ0) is 15.5. The molecule has 0 fully saturated rings. The Morgan fingerprint density at radius 3 is 2.45 bits per heavy atom. The minimum atomic E-state index is -2.65. The van der Waals surface area contributed by atoms with Gasteiger partial charge in [0.25, 0.3) is 6.43 Å². The highest BCUT2D eigenvalue weighted by atomic mass is 19.3. The molecule has 3 N–H and O–H groups in total. The van der Waals surface area contributed by atoms with E-state index in [4.69, 9.17) is 10.2 Å². The first-order valence-electron chi connectivity index (χ1n) is 6.50. The first-order chi connectivity index (χ1) is 9.36. The number of carboxylic acid groups (broad SMARTS) is 1. The standard InChI is InChI=1S/C12H22F2N2O4/c1-9(2-3-11(18)19)4-5-15-12(20)16(6-7-17)8-10(13)14/h9-10,17H,2-8H2,1H3,(H,15,20)(H,18,19). The molecule has 1 atom stereocenters. The summed E-state index contributed by atoms with van der Waals surface area (Å²) in [5, 5.41) is 19.7. The maximum absolute atomic E-state index is 12.2. The summed E-state index contributed by atoms with van der Waals surface area (Å²) in [6.07, 6.45) is -1.51. The van der Waals surface area contributed by atoms with Gasteiger partial charge < -0.3 is 20.4 Å². The van der Waals surface area contributed by atoms with Gasteiger partial charge in [-0.2, -0.15) is 0 Å². The number of aliphatic carboxylic acids is 1. The number of carboxylic acids is 1. The molecule has 0 aliphatic rings. The number of rotatable bonds is 10. The van der Waals surface area contributed by atoms with Gasteiger partial charge in [-0.15, -0.1) is 0 Å². The number of hydrogen-bond donors (Lipinski definition) is 3. The van der Waals surface area contributed by atoms with Crippen molar-refractivity contribution in [2.45, 2.75) is 32.6 Å². The molecule has 0 saturated carbocycles. The number of nitrogens with one attached hydrogen (secondary N) is 1. The van der Waals surface area contributed by atoms with Gasteiger partial charge in [0.05, 0.1) is 13.2 Å². The Bertz CT molecular complexity index is 303. The van der Waals surface area contributed by atoms with Gasteiger partial charge in [0.1, 0.15) is 0 Å². The second kappa shape index (κ2) is 10.4. The number of urea groups is 1. The van der Waals surface area contributed by atoms with E-state index in [1.807, 2.05) is 6.92 Å². The minimum absolute atomic E-state index is 0.0666. The maximum Gasteiger partial charge on any atom is 0.317 e. The Morgan fingerprint density at radius 1 is 1.30 bits per heavy atom. The highest BCUT2D eigenvalue weighted by molar-refractivity contribution is 5.74. The number of hydrogen-bond acceptors (Lipinski definition) is 3. The molecule has 0 aromatic rings. The summed E-state index contributed by atoms with van der Waals surface area (Å²) in [4.78, 5) is 22.8. The van der Waals surface area contributed by atoms with Gasteiger partial charge in [-0.05, 0) is 18.8 Å². The van der Waals surface area contributed by atoms with Crippen LogP contribution in [0.4, 0.5) is 13.6 Å². The largest absolute Gasteiger partial charge is 0.481 e. The number of amides is 2. The molecule has 118 valence electrons. The van der Waals surface area contributed by atoms with E-state index in [1.165, 1.54) is 0 Å². The fourth-order valence-electron chi connectivity index (χ4n) is 1.61. The second-order valence-electron chi connectivity index (χ2n) is 4.62. The molecule has 0 bridgehead atoms. The molecule has 0 radical (unpaired) electrons. The maximum atomic E-state index is 12.2. The lowest BCUT2D eigenvalue weighted by molar-refractivity contribution is -0.137. The number of halogens is 2. The molecule has 0 heterocycles. The van der Waals surface area contributed by atoms with Crippen LogP contribution < -0.4 is 5.32 Å². The lowest BCUT2D eigenvalue weighted by Crippen LogP contribution is -2.44. The molecule has 1 unspecified atom stereocenters. The zero-order valence-electron chi connectivity index (χ0n) is 11.5. The molecule has 0 spiro atoms. The fourth-order valence-corrected chi connectivity index (χ4v) is 1.61. The van der Waals surface area contributed by atoms with Gasteiger partial charge in [-0.1, -0.05) is 6.92 Å². The van der Waals surface area contributed by atoms with Crippen molar-refractivity contribution in [3.8, 4) is 0 Å². The Kier molecular flexibility index (Phi) is 9.61. The summed E-state index contributed by atoms with van der Waals surface area (Å²) < 4.78 is 24.5. The number of aliphatic hydroxyl groups is 1. The molecular weight excluding hydrogens is 274 g/mol. The highest BCUT2D eigenvalue weighted by Gasteiger charge is 2.17. The van der Waals surface area contributed by atoms with Gasteiger partial charge in [-0.3, -0.25) is 4.79 Å². The first kappa shape index (κ1) is 18.6. The van der Waals surface area contributed by atoms with Crippen LogP contribution in [0.1, 0.15) is 26.2 Å². The molecule has 20 heavy (non-hydrogen) atoms. The summed E-state index contributed by atoms with van der Waals surface area (Å²) in [6, 6.07) is -0.648. The minimum Gasteiger partial charge on any atom is -0.481 e. The van der Waals surface area contributed by atoms with Crippen molar-refractivity contribution in [3.63, 3.8) is 0 Å². The van der Waals surface area contributed by atoms with E-state index >= 15 is 0 Å². The van der Waals surface area contributed by atoms with Crippen molar-refractivity contribution in [2.75, 3.05) is 26.2 Å². The van der Waals surface area contributed by atoms with E-state index in [1.54, 1.807) is 0 Å². The average Bonchev–Trinajstić information content (AvgIpc) is 2.35. The molecule has 0 aromatic heterocycles. The van der Waals surface area contributed by atoms with Crippen LogP contribution in [-0.2, 0) is 4.79 Å². The average molecular weight is 296 g/mol. The van der Waals surface area contributed by atoms with Crippen molar-refractivity contribution >= 4 is 12.0 Å². The van der Waals surface area contributed by atoms with E-state index in [9.17, 15) is 18.4 Å².